The van der Waals surface area contributed by atoms with Crippen LogP contribution in [0, 0.1) is 13.8 Å². The van der Waals surface area contributed by atoms with Crippen molar-refractivity contribution in [3.63, 3.8) is 0 Å². The summed E-state index contributed by atoms with van der Waals surface area (Å²) < 4.78 is 1.72. The van der Waals surface area contributed by atoms with Crippen molar-refractivity contribution >= 4 is 23.5 Å². The molecule has 3 rings (SSSR count). The summed E-state index contributed by atoms with van der Waals surface area (Å²) in [7, 11) is 0. The number of aryl methyl sites for hydroxylation is 2. The number of aliphatic carboxylic acids is 1. The van der Waals surface area contributed by atoms with Crippen LogP contribution in [0.4, 0.5) is 0 Å². The Morgan fingerprint density at radius 1 is 1.30 bits per heavy atom. The number of aromatic nitrogens is 3. The fourth-order valence-electron chi connectivity index (χ4n) is 2.69. The Morgan fingerprint density at radius 3 is 2.70 bits per heavy atom. The molecule has 23 heavy (non-hydrogen) atoms. The van der Waals surface area contributed by atoms with Crippen LogP contribution in [-0.4, -0.2) is 42.7 Å². The SMILES string of the molecule is Cc1ccc(C(=O)N2Cc3nnc(C)n3CC2C(=O)O)c(Cl)c1. The van der Waals surface area contributed by atoms with Gasteiger partial charge in [0, 0.05) is 0 Å². The predicted octanol–water partition coefficient (Wildman–Crippen LogP) is 1.66. The summed E-state index contributed by atoms with van der Waals surface area (Å²) in [5.74, 6) is -0.294. The highest BCUT2D eigenvalue weighted by Gasteiger charge is 2.37. The number of rotatable bonds is 2. The van der Waals surface area contributed by atoms with Gasteiger partial charge in [0.05, 0.1) is 23.7 Å². The van der Waals surface area contributed by atoms with Gasteiger partial charge in [0.15, 0.2) is 5.82 Å². The number of hydrogen-bond acceptors (Lipinski definition) is 4. The Hall–Kier alpha value is -2.41. The van der Waals surface area contributed by atoms with Gasteiger partial charge < -0.3 is 14.6 Å². The van der Waals surface area contributed by atoms with Gasteiger partial charge in [-0.2, -0.15) is 0 Å². The lowest BCUT2D eigenvalue weighted by Crippen LogP contribution is -2.50. The molecule has 2 heterocycles. The Labute approximate surface area is 137 Å². The summed E-state index contributed by atoms with van der Waals surface area (Å²) in [6.07, 6.45) is 0. The zero-order valence-electron chi connectivity index (χ0n) is 12.7. The number of carbonyl (C=O) groups excluding carboxylic acids is 1. The van der Waals surface area contributed by atoms with Gasteiger partial charge in [-0.3, -0.25) is 4.79 Å². The molecule has 0 fully saturated rings. The van der Waals surface area contributed by atoms with Crippen LogP contribution in [0.3, 0.4) is 0 Å². The molecule has 0 radical (unpaired) electrons. The first kappa shape index (κ1) is 15.5. The summed E-state index contributed by atoms with van der Waals surface area (Å²) >= 11 is 6.15. The number of halogens is 1. The smallest absolute Gasteiger partial charge is 0.328 e. The van der Waals surface area contributed by atoms with E-state index in [1.807, 2.05) is 6.92 Å². The molecule has 1 aromatic heterocycles. The normalized spacial score (nSPS) is 17.0. The van der Waals surface area contributed by atoms with Crippen LogP contribution in [0.5, 0.6) is 0 Å². The standard InChI is InChI=1S/C15H15ClN4O3/c1-8-3-4-10(11(16)5-8)14(21)20-7-13-18-17-9(2)19(13)6-12(20)15(22)23/h3-5,12H,6-7H2,1-2H3,(H,22,23). The van der Waals surface area contributed by atoms with Crippen molar-refractivity contribution in [2.75, 3.05) is 0 Å². The van der Waals surface area contributed by atoms with E-state index in [-0.39, 0.29) is 18.7 Å². The molecular formula is C15H15ClN4O3. The molecule has 1 aromatic carbocycles. The minimum absolute atomic E-state index is 0.0842. The van der Waals surface area contributed by atoms with E-state index in [1.165, 1.54) is 4.90 Å². The molecule has 0 aliphatic carbocycles. The maximum Gasteiger partial charge on any atom is 0.328 e. The molecular weight excluding hydrogens is 320 g/mol. The van der Waals surface area contributed by atoms with E-state index < -0.39 is 17.9 Å². The largest absolute Gasteiger partial charge is 0.480 e. The maximum absolute atomic E-state index is 12.8. The van der Waals surface area contributed by atoms with Gasteiger partial charge in [-0.25, -0.2) is 4.79 Å². The zero-order valence-corrected chi connectivity index (χ0v) is 13.4. The van der Waals surface area contributed by atoms with Crippen molar-refractivity contribution in [3.05, 3.63) is 46.0 Å². The van der Waals surface area contributed by atoms with E-state index in [0.717, 1.165) is 5.56 Å². The topological polar surface area (TPSA) is 88.3 Å². The quantitative estimate of drug-likeness (QED) is 0.902. The first-order chi connectivity index (χ1) is 10.9. The Bertz CT molecular complexity index is 802. The van der Waals surface area contributed by atoms with Crippen LogP contribution in [0.1, 0.15) is 27.6 Å². The van der Waals surface area contributed by atoms with Gasteiger partial charge in [0.1, 0.15) is 11.9 Å². The number of carboxylic acid groups (broad SMARTS) is 1. The van der Waals surface area contributed by atoms with Crippen LogP contribution in [0.2, 0.25) is 5.02 Å². The van der Waals surface area contributed by atoms with Gasteiger partial charge in [0.25, 0.3) is 5.91 Å². The van der Waals surface area contributed by atoms with Gasteiger partial charge >= 0.3 is 5.97 Å². The monoisotopic (exact) mass is 334 g/mol. The van der Waals surface area contributed by atoms with Crippen LogP contribution in [-0.2, 0) is 17.9 Å². The van der Waals surface area contributed by atoms with Gasteiger partial charge in [-0.05, 0) is 31.5 Å². The number of nitrogens with zero attached hydrogens (tertiary/aromatic N) is 4. The molecule has 1 aliphatic rings. The van der Waals surface area contributed by atoms with E-state index in [9.17, 15) is 14.7 Å². The second-order valence-electron chi connectivity index (χ2n) is 5.54. The lowest BCUT2D eigenvalue weighted by Gasteiger charge is -2.33. The number of fused-ring (bicyclic) bond motifs is 1. The average molecular weight is 335 g/mol. The Kier molecular flexibility index (Phi) is 3.81. The second-order valence-corrected chi connectivity index (χ2v) is 5.95. The molecule has 0 saturated carbocycles. The molecule has 1 aliphatic heterocycles. The van der Waals surface area contributed by atoms with Crippen molar-refractivity contribution in [2.45, 2.75) is 33.0 Å². The lowest BCUT2D eigenvalue weighted by molar-refractivity contribution is -0.143. The molecule has 0 spiro atoms. The number of hydrogen-bond donors (Lipinski definition) is 1. The second kappa shape index (κ2) is 5.66. The van der Waals surface area contributed by atoms with E-state index >= 15 is 0 Å². The summed E-state index contributed by atoms with van der Waals surface area (Å²) in [5, 5.41) is 17.7. The van der Waals surface area contributed by atoms with Crippen LogP contribution in [0.15, 0.2) is 18.2 Å². The van der Waals surface area contributed by atoms with Crippen molar-refractivity contribution < 1.29 is 14.7 Å². The van der Waals surface area contributed by atoms with Crippen molar-refractivity contribution in [2.24, 2.45) is 0 Å². The van der Waals surface area contributed by atoms with E-state index in [4.69, 9.17) is 11.6 Å². The maximum atomic E-state index is 12.8. The van der Waals surface area contributed by atoms with Crippen LogP contribution >= 0.6 is 11.6 Å². The molecule has 0 bridgehead atoms. The molecule has 120 valence electrons. The third-order valence-electron chi connectivity index (χ3n) is 3.96. The lowest BCUT2D eigenvalue weighted by atomic mass is 10.1. The minimum Gasteiger partial charge on any atom is -0.480 e. The highest BCUT2D eigenvalue weighted by atomic mass is 35.5. The van der Waals surface area contributed by atoms with Crippen molar-refractivity contribution in [1.29, 1.82) is 0 Å². The minimum atomic E-state index is -1.07. The molecule has 2 aromatic rings. The first-order valence-corrected chi connectivity index (χ1v) is 7.45. The molecule has 1 unspecified atom stereocenters. The molecule has 0 saturated heterocycles. The van der Waals surface area contributed by atoms with Crippen molar-refractivity contribution in [3.8, 4) is 0 Å². The number of amides is 1. The van der Waals surface area contributed by atoms with Crippen molar-refractivity contribution in [1.82, 2.24) is 19.7 Å². The predicted molar refractivity (Wildman–Crippen MR) is 82.2 cm³/mol. The summed E-state index contributed by atoms with van der Waals surface area (Å²) in [6, 6.07) is 4.08. The third kappa shape index (κ3) is 2.68. The summed E-state index contributed by atoms with van der Waals surface area (Å²) in [5.41, 5.74) is 1.21. The summed E-state index contributed by atoms with van der Waals surface area (Å²) in [6.45, 7) is 3.83. The van der Waals surface area contributed by atoms with E-state index in [1.54, 1.807) is 29.7 Å². The zero-order chi connectivity index (χ0) is 16.7. The fraction of sp³-hybridized carbons (Fsp3) is 0.333. The number of carboxylic acids is 1. The average Bonchev–Trinajstić information content (AvgIpc) is 2.86. The molecule has 1 amide bonds. The highest BCUT2D eigenvalue weighted by Crippen LogP contribution is 2.24. The molecule has 1 atom stereocenters. The van der Waals surface area contributed by atoms with Gasteiger partial charge in [0.2, 0.25) is 0 Å². The number of carbonyl (C=O) groups is 2. The third-order valence-corrected chi connectivity index (χ3v) is 4.27. The van der Waals surface area contributed by atoms with Crippen LogP contribution < -0.4 is 0 Å². The molecule has 8 heteroatoms. The molecule has 7 nitrogen and oxygen atoms in total. The highest BCUT2D eigenvalue weighted by molar-refractivity contribution is 6.33. The van der Waals surface area contributed by atoms with E-state index in [0.29, 0.717) is 16.7 Å². The Balaban J connectivity index is 1.99. The van der Waals surface area contributed by atoms with Crippen LogP contribution in [0.25, 0.3) is 0 Å². The summed E-state index contributed by atoms with van der Waals surface area (Å²) in [4.78, 5) is 25.7. The van der Waals surface area contributed by atoms with Gasteiger partial charge in [-0.15, -0.1) is 10.2 Å². The number of benzene rings is 1. The Morgan fingerprint density at radius 2 is 2.04 bits per heavy atom. The molecule has 1 N–H and O–H groups in total. The first-order valence-electron chi connectivity index (χ1n) is 7.07. The van der Waals surface area contributed by atoms with Gasteiger partial charge in [-0.1, -0.05) is 17.7 Å². The fourth-order valence-corrected chi connectivity index (χ4v) is 3.00. The van der Waals surface area contributed by atoms with E-state index in [2.05, 4.69) is 10.2 Å².